The molecule has 0 aliphatic carbocycles. The van der Waals surface area contributed by atoms with E-state index in [0.717, 1.165) is 18.5 Å². The fraction of sp³-hybridized carbons (Fsp3) is 0.571. The van der Waals surface area contributed by atoms with E-state index in [9.17, 15) is 9.59 Å². The van der Waals surface area contributed by atoms with Crippen LogP contribution in [0.2, 0.25) is 0 Å². The van der Waals surface area contributed by atoms with E-state index in [1.54, 1.807) is 11.9 Å². The summed E-state index contributed by atoms with van der Waals surface area (Å²) >= 11 is 1.37. The van der Waals surface area contributed by atoms with Gasteiger partial charge in [-0.15, -0.1) is 0 Å². The van der Waals surface area contributed by atoms with Crippen molar-refractivity contribution in [3.63, 3.8) is 0 Å². The van der Waals surface area contributed by atoms with Gasteiger partial charge in [0, 0.05) is 37.5 Å². The van der Waals surface area contributed by atoms with Crippen LogP contribution in [0.15, 0.2) is 16.0 Å². The van der Waals surface area contributed by atoms with E-state index in [1.807, 2.05) is 13.0 Å². The third kappa shape index (κ3) is 6.45. The average molecular weight is 308 g/mol. The molecule has 1 N–H and O–H groups in total. The predicted octanol–water partition coefficient (Wildman–Crippen LogP) is 1.58. The fourth-order valence-corrected chi connectivity index (χ4v) is 2.53. The van der Waals surface area contributed by atoms with Crippen LogP contribution in [0, 0.1) is 11.3 Å². The maximum atomic E-state index is 11.8. The van der Waals surface area contributed by atoms with Crippen molar-refractivity contribution in [3.05, 3.63) is 22.1 Å². The number of rotatable bonds is 8. The molecule has 1 amide bonds. The Labute approximate surface area is 128 Å². The Morgan fingerprint density at radius 1 is 1.57 bits per heavy atom. The maximum absolute atomic E-state index is 11.8. The van der Waals surface area contributed by atoms with Gasteiger partial charge in [0.05, 0.1) is 12.5 Å². The highest BCUT2D eigenvalue weighted by Crippen LogP contribution is 2.13. The third-order valence-corrected chi connectivity index (χ3v) is 3.69. The van der Waals surface area contributed by atoms with Gasteiger partial charge in [0.25, 0.3) is 5.56 Å². The monoisotopic (exact) mass is 308 g/mol. The molecule has 0 atom stereocenters. The quantitative estimate of drug-likeness (QED) is 0.581. The number of nitriles is 1. The second-order valence-corrected chi connectivity index (χ2v) is 5.70. The van der Waals surface area contributed by atoms with Gasteiger partial charge in [-0.3, -0.25) is 9.59 Å². The number of aromatic nitrogens is 2. The first-order valence-electron chi connectivity index (χ1n) is 6.90. The van der Waals surface area contributed by atoms with Crippen LogP contribution < -0.4 is 5.56 Å². The van der Waals surface area contributed by atoms with Gasteiger partial charge in [0.2, 0.25) is 5.91 Å². The molecule has 0 saturated carbocycles. The molecule has 0 aromatic carbocycles. The number of hydrogen-bond donors (Lipinski definition) is 1. The number of nitrogens with zero attached hydrogens (tertiary/aromatic N) is 3. The van der Waals surface area contributed by atoms with Gasteiger partial charge in [-0.05, 0) is 6.42 Å². The third-order valence-electron chi connectivity index (χ3n) is 2.82. The number of amides is 1. The summed E-state index contributed by atoms with van der Waals surface area (Å²) in [6, 6.07) is 3.52. The van der Waals surface area contributed by atoms with Crippen LogP contribution in [-0.4, -0.2) is 40.1 Å². The molecule has 21 heavy (non-hydrogen) atoms. The number of thioether (sulfide) groups is 1. The lowest BCUT2D eigenvalue weighted by Crippen LogP contribution is -2.27. The van der Waals surface area contributed by atoms with Gasteiger partial charge in [-0.1, -0.05) is 25.1 Å². The van der Waals surface area contributed by atoms with Crippen LogP contribution in [-0.2, 0) is 11.2 Å². The second kappa shape index (κ2) is 9.19. The second-order valence-electron chi connectivity index (χ2n) is 4.61. The number of hydrogen-bond acceptors (Lipinski definition) is 5. The first-order valence-corrected chi connectivity index (χ1v) is 7.89. The minimum atomic E-state index is -0.159. The van der Waals surface area contributed by atoms with Crippen molar-refractivity contribution < 1.29 is 4.79 Å². The highest BCUT2D eigenvalue weighted by molar-refractivity contribution is 7.99. The molecule has 7 heteroatoms. The van der Waals surface area contributed by atoms with Crippen LogP contribution in [0.3, 0.4) is 0 Å². The van der Waals surface area contributed by atoms with Crippen LogP contribution in [0.5, 0.6) is 0 Å². The van der Waals surface area contributed by atoms with Crippen molar-refractivity contribution in [2.45, 2.75) is 37.8 Å². The number of aromatic amines is 1. The van der Waals surface area contributed by atoms with Crippen LogP contribution in [0.25, 0.3) is 0 Å². The van der Waals surface area contributed by atoms with E-state index in [-0.39, 0.29) is 11.5 Å². The summed E-state index contributed by atoms with van der Waals surface area (Å²) in [4.78, 5) is 31.9. The minimum absolute atomic E-state index is 0.00944. The van der Waals surface area contributed by atoms with Gasteiger partial charge in [0.15, 0.2) is 5.16 Å². The predicted molar refractivity (Wildman–Crippen MR) is 82.1 cm³/mol. The Morgan fingerprint density at radius 2 is 2.33 bits per heavy atom. The zero-order chi connectivity index (χ0) is 15.7. The van der Waals surface area contributed by atoms with Gasteiger partial charge in [-0.2, -0.15) is 5.26 Å². The summed E-state index contributed by atoms with van der Waals surface area (Å²) in [5, 5.41) is 9.04. The van der Waals surface area contributed by atoms with Gasteiger partial charge >= 0.3 is 0 Å². The van der Waals surface area contributed by atoms with E-state index >= 15 is 0 Å². The molecule has 0 aliphatic heterocycles. The van der Waals surface area contributed by atoms with Gasteiger partial charge in [-0.25, -0.2) is 4.98 Å². The highest BCUT2D eigenvalue weighted by atomic mass is 32.2. The number of H-pyrrole nitrogens is 1. The van der Waals surface area contributed by atoms with E-state index in [2.05, 4.69) is 9.97 Å². The van der Waals surface area contributed by atoms with Gasteiger partial charge < -0.3 is 9.88 Å². The maximum Gasteiger partial charge on any atom is 0.251 e. The highest BCUT2D eigenvalue weighted by Gasteiger charge is 2.09. The fourth-order valence-electron chi connectivity index (χ4n) is 1.70. The smallest absolute Gasteiger partial charge is 0.251 e. The molecule has 0 radical (unpaired) electrons. The largest absolute Gasteiger partial charge is 0.345 e. The average Bonchev–Trinajstić information content (AvgIpc) is 2.44. The van der Waals surface area contributed by atoms with Crippen molar-refractivity contribution in [2.75, 3.05) is 19.3 Å². The topological polar surface area (TPSA) is 89.9 Å². The molecule has 0 fully saturated rings. The number of nitrogens with one attached hydrogen (secondary N) is 1. The molecule has 0 saturated heterocycles. The summed E-state index contributed by atoms with van der Waals surface area (Å²) in [5.74, 6) is 0.540. The lowest BCUT2D eigenvalue weighted by atomic mass is 10.2. The summed E-state index contributed by atoms with van der Waals surface area (Å²) < 4.78 is 0. The Balaban J connectivity index is 2.47. The Bertz CT molecular complexity index is 565. The van der Waals surface area contributed by atoms with Crippen molar-refractivity contribution in [1.29, 1.82) is 5.26 Å². The first kappa shape index (κ1) is 17.2. The molecular weight excluding hydrogens is 288 g/mol. The van der Waals surface area contributed by atoms with Gasteiger partial charge in [0.1, 0.15) is 0 Å². The van der Waals surface area contributed by atoms with Crippen LogP contribution in [0.4, 0.5) is 0 Å². The van der Waals surface area contributed by atoms with Crippen LogP contribution >= 0.6 is 11.8 Å². The normalized spacial score (nSPS) is 10.1. The molecule has 0 unspecified atom stereocenters. The molecule has 1 heterocycles. The van der Waals surface area contributed by atoms with Crippen molar-refractivity contribution in [2.24, 2.45) is 0 Å². The van der Waals surface area contributed by atoms with E-state index in [0.29, 0.717) is 30.3 Å². The molecule has 0 aliphatic rings. The van der Waals surface area contributed by atoms with Crippen molar-refractivity contribution >= 4 is 17.7 Å². The molecule has 1 rings (SSSR count). The molecule has 114 valence electrons. The van der Waals surface area contributed by atoms with E-state index in [1.165, 1.54) is 17.8 Å². The first-order chi connectivity index (χ1) is 10.1. The SMILES string of the molecule is CCCc1cc(=O)[nH]c(SCCC(=O)N(C)CCC#N)n1. The Hall–Kier alpha value is -1.81. The molecule has 0 bridgehead atoms. The zero-order valence-corrected chi connectivity index (χ0v) is 13.2. The lowest BCUT2D eigenvalue weighted by molar-refractivity contribution is -0.129. The molecular formula is C14H20N4O2S. The summed E-state index contributed by atoms with van der Waals surface area (Å²) in [6.07, 6.45) is 2.40. The van der Waals surface area contributed by atoms with Crippen molar-refractivity contribution in [1.82, 2.24) is 14.9 Å². The number of carbonyl (C=O) groups is 1. The standard InChI is InChI=1S/C14H20N4O2S/c1-3-5-11-10-12(19)17-14(16-11)21-9-6-13(20)18(2)8-4-7-15/h10H,3-6,8-9H2,1-2H3,(H,16,17,19). The van der Waals surface area contributed by atoms with Crippen LogP contribution in [0.1, 0.15) is 31.9 Å². The molecule has 0 spiro atoms. The number of carbonyl (C=O) groups excluding carboxylic acids is 1. The molecule has 6 nitrogen and oxygen atoms in total. The van der Waals surface area contributed by atoms with E-state index < -0.39 is 0 Å². The molecule has 1 aromatic heterocycles. The Kier molecular flexibility index (Phi) is 7.54. The van der Waals surface area contributed by atoms with E-state index in [4.69, 9.17) is 5.26 Å². The minimum Gasteiger partial charge on any atom is -0.345 e. The number of aryl methyl sites for hydroxylation is 1. The summed E-state index contributed by atoms with van der Waals surface area (Å²) in [7, 11) is 1.69. The summed E-state index contributed by atoms with van der Waals surface area (Å²) in [6.45, 7) is 2.48. The van der Waals surface area contributed by atoms with Crippen molar-refractivity contribution in [3.8, 4) is 6.07 Å². The molecule has 1 aromatic rings. The lowest BCUT2D eigenvalue weighted by Gasteiger charge is -2.14. The Morgan fingerprint density at radius 3 is 3.00 bits per heavy atom. The summed E-state index contributed by atoms with van der Waals surface area (Å²) in [5.41, 5.74) is 0.620. The zero-order valence-electron chi connectivity index (χ0n) is 12.4.